The summed E-state index contributed by atoms with van der Waals surface area (Å²) >= 11 is 0. The molecule has 1 aliphatic carbocycles. The van der Waals surface area contributed by atoms with E-state index in [1.807, 2.05) is 6.20 Å². The molecule has 6 heteroatoms. The van der Waals surface area contributed by atoms with E-state index in [0.29, 0.717) is 6.04 Å². The van der Waals surface area contributed by atoms with Crippen LogP contribution in [0.15, 0.2) is 17.5 Å². The van der Waals surface area contributed by atoms with Crippen molar-refractivity contribution in [3.05, 3.63) is 23.8 Å². The number of nitrogens with zero attached hydrogens (tertiary/aromatic N) is 4. The van der Waals surface area contributed by atoms with E-state index in [1.54, 1.807) is 6.33 Å². The molecule has 0 amide bonds. The first-order valence-electron chi connectivity index (χ1n) is 7.74. The lowest BCUT2D eigenvalue weighted by atomic mass is 9.99. The van der Waals surface area contributed by atoms with Crippen LogP contribution in [0.1, 0.15) is 36.9 Å². The van der Waals surface area contributed by atoms with Gasteiger partial charge >= 0.3 is 0 Å². The Morgan fingerprint density at radius 3 is 2.95 bits per heavy atom. The van der Waals surface area contributed by atoms with Gasteiger partial charge in [0.25, 0.3) is 0 Å². The second-order valence-corrected chi connectivity index (χ2v) is 6.13. The Labute approximate surface area is 142 Å². The average Bonchev–Trinajstić information content (AvgIpc) is 3.17. The van der Waals surface area contributed by atoms with Gasteiger partial charge in [0.2, 0.25) is 0 Å². The lowest BCUT2D eigenvalue weighted by molar-refractivity contribution is 0.363. The largest absolute Gasteiger partial charge is 0.351 e. The summed E-state index contributed by atoms with van der Waals surface area (Å²) in [6.07, 6.45) is 10.1. The molecule has 1 saturated carbocycles. The lowest BCUT2D eigenvalue weighted by Crippen LogP contribution is -2.46. The third kappa shape index (κ3) is 3.00. The molecular weight excluding hydrogens is 377 g/mol. The number of hydrogen-bond donors (Lipinski definition) is 1. The van der Waals surface area contributed by atoms with Crippen LogP contribution in [-0.4, -0.2) is 40.0 Å². The normalized spacial score (nSPS) is 25.0. The van der Waals surface area contributed by atoms with Crippen LogP contribution >= 0.6 is 24.0 Å². The summed E-state index contributed by atoms with van der Waals surface area (Å²) < 4.78 is 0. The molecule has 1 fully saturated rings. The lowest BCUT2D eigenvalue weighted by Gasteiger charge is -2.30. The van der Waals surface area contributed by atoms with E-state index in [1.165, 1.54) is 36.9 Å². The zero-order valence-electron chi connectivity index (χ0n) is 12.2. The van der Waals surface area contributed by atoms with Crippen molar-refractivity contribution in [1.82, 2.24) is 20.2 Å². The summed E-state index contributed by atoms with van der Waals surface area (Å²) in [4.78, 5) is 15.6. The Bertz CT molecular complexity index is 527. The van der Waals surface area contributed by atoms with Gasteiger partial charge in [0.05, 0.1) is 18.3 Å². The molecule has 3 heterocycles. The minimum atomic E-state index is 0. The van der Waals surface area contributed by atoms with Crippen molar-refractivity contribution < 1.29 is 0 Å². The maximum Gasteiger partial charge on any atom is 0.194 e. The molecule has 0 radical (unpaired) electrons. The van der Waals surface area contributed by atoms with E-state index in [-0.39, 0.29) is 24.0 Å². The SMILES string of the molecule is I.c1ncc2c(n1)CCN(C1=NCC(C3CCCC3)N1)C2. The van der Waals surface area contributed by atoms with Crippen LogP contribution in [0.3, 0.4) is 0 Å². The van der Waals surface area contributed by atoms with Crippen LogP contribution < -0.4 is 5.32 Å². The first-order valence-corrected chi connectivity index (χ1v) is 7.74. The molecule has 1 aromatic heterocycles. The molecule has 4 rings (SSSR count). The number of nitrogens with one attached hydrogen (secondary N) is 1. The Balaban J connectivity index is 0.00000132. The van der Waals surface area contributed by atoms with Gasteiger partial charge in [-0.05, 0) is 18.8 Å². The summed E-state index contributed by atoms with van der Waals surface area (Å²) in [5, 5.41) is 3.67. The third-order valence-corrected chi connectivity index (χ3v) is 4.88. The fraction of sp³-hybridized carbons (Fsp3) is 0.667. The Hall–Kier alpha value is -0.920. The van der Waals surface area contributed by atoms with E-state index in [0.717, 1.165) is 37.9 Å². The number of hydrogen-bond acceptors (Lipinski definition) is 5. The van der Waals surface area contributed by atoms with E-state index in [2.05, 4.69) is 20.2 Å². The van der Waals surface area contributed by atoms with Crippen LogP contribution in [-0.2, 0) is 13.0 Å². The van der Waals surface area contributed by atoms with E-state index in [4.69, 9.17) is 4.99 Å². The van der Waals surface area contributed by atoms with Crippen molar-refractivity contribution in [2.45, 2.75) is 44.7 Å². The molecule has 0 aromatic carbocycles. The molecule has 0 saturated heterocycles. The number of aromatic nitrogens is 2. The Kier molecular flexibility index (Phi) is 4.61. The third-order valence-electron chi connectivity index (χ3n) is 4.88. The van der Waals surface area contributed by atoms with Gasteiger partial charge in [-0.2, -0.15) is 0 Å². The van der Waals surface area contributed by atoms with Gasteiger partial charge in [0.15, 0.2) is 5.96 Å². The number of halogens is 1. The van der Waals surface area contributed by atoms with Crippen molar-refractivity contribution in [1.29, 1.82) is 0 Å². The van der Waals surface area contributed by atoms with E-state index < -0.39 is 0 Å². The van der Waals surface area contributed by atoms with Crippen molar-refractivity contribution in [2.75, 3.05) is 13.1 Å². The van der Waals surface area contributed by atoms with Gasteiger partial charge in [-0.1, -0.05) is 12.8 Å². The van der Waals surface area contributed by atoms with E-state index >= 15 is 0 Å². The molecule has 114 valence electrons. The summed E-state index contributed by atoms with van der Waals surface area (Å²) in [5.74, 6) is 1.92. The fourth-order valence-corrected chi connectivity index (χ4v) is 3.71. The molecule has 2 aliphatic heterocycles. The van der Waals surface area contributed by atoms with Gasteiger partial charge in [0.1, 0.15) is 6.33 Å². The highest BCUT2D eigenvalue weighted by atomic mass is 127. The second-order valence-electron chi connectivity index (χ2n) is 6.13. The van der Waals surface area contributed by atoms with Crippen molar-refractivity contribution >= 4 is 29.9 Å². The standard InChI is InChI=1S/C15H21N5.HI/c1-2-4-11(3-1)14-8-17-15(19-14)20-6-5-13-12(9-20)7-16-10-18-13;/h7,10-11,14H,1-6,8-9H2,(H,17,19);1H. The zero-order valence-corrected chi connectivity index (χ0v) is 14.5. The monoisotopic (exact) mass is 399 g/mol. The highest BCUT2D eigenvalue weighted by Crippen LogP contribution is 2.29. The molecule has 1 aromatic rings. The van der Waals surface area contributed by atoms with Crippen molar-refractivity contribution in [3.63, 3.8) is 0 Å². The van der Waals surface area contributed by atoms with Gasteiger partial charge in [-0.25, -0.2) is 9.97 Å². The predicted octanol–water partition coefficient (Wildman–Crippen LogP) is 1.97. The molecule has 1 unspecified atom stereocenters. The van der Waals surface area contributed by atoms with Crippen LogP contribution in [0.2, 0.25) is 0 Å². The van der Waals surface area contributed by atoms with Crippen molar-refractivity contribution in [2.24, 2.45) is 10.9 Å². The summed E-state index contributed by atoms with van der Waals surface area (Å²) in [7, 11) is 0. The second kappa shape index (κ2) is 6.46. The summed E-state index contributed by atoms with van der Waals surface area (Å²) in [6, 6.07) is 0.570. The number of aliphatic imine (C=N–C) groups is 1. The van der Waals surface area contributed by atoms with Gasteiger partial charge in [-0.15, -0.1) is 24.0 Å². The van der Waals surface area contributed by atoms with Gasteiger partial charge in [-0.3, -0.25) is 4.99 Å². The smallest absolute Gasteiger partial charge is 0.194 e. The van der Waals surface area contributed by atoms with Crippen LogP contribution in [0.25, 0.3) is 0 Å². The molecule has 1 N–H and O–H groups in total. The molecule has 3 aliphatic rings. The molecule has 0 bridgehead atoms. The first kappa shape index (κ1) is 15.0. The van der Waals surface area contributed by atoms with Crippen LogP contribution in [0.5, 0.6) is 0 Å². The Morgan fingerprint density at radius 2 is 2.10 bits per heavy atom. The molecular formula is C15H22IN5. The molecule has 5 nitrogen and oxygen atoms in total. The first-order chi connectivity index (χ1) is 9.90. The minimum absolute atomic E-state index is 0. The maximum absolute atomic E-state index is 4.75. The molecule has 21 heavy (non-hydrogen) atoms. The number of guanidine groups is 1. The predicted molar refractivity (Wildman–Crippen MR) is 92.7 cm³/mol. The summed E-state index contributed by atoms with van der Waals surface area (Å²) in [6.45, 7) is 2.85. The van der Waals surface area contributed by atoms with Gasteiger partial charge < -0.3 is 10.2 Å². The number of fused-ring (bicyclic) bond motifs is 1. The quantitative estimate of drug-likeness (QED) is 0.734. The molecule has 0 spiro atoms. The van der Waals surface area contributed by atoms with Crippen LogP contribution in [0, 0.1) is 5.92 Å². The van der Waals surface area contributed by atoms with Crippen LogP contribution in [0.4, 0.5) is 0 Å². The van der Waals surface area contributed by atoms with E-state index in [9.17, 15) is 0 Å². The maximum atomic E-state index is 4.75. The zero-order chi connectivity index (χ0) is 13.4. The number of rotatable bonds is 1. The van der Waals surface area contributed by atoms with Crippen molar-refractivity contribution in [3.8, 4) is 0 Å². The average molecular weight is 399 g/mol. The molecule has 1 atom stereocenters. The Morgan fingerprint density at radius 1 is 1.24 bits per heavy atom. The van der Waals surface area contributed by atoms with Gasteiger partial charge in [0, 0.05) is 31.3 Å². The summed E-state index contributed by atoms with van der Waals surface area (Å²) in [5.41, 5.74) is 2.44. The highest BCUT2D eigenvalue weighted by molar-refractivity contribution is 14.0. The topological polar surface area (TPSA) is 53.4 Å². The fourth-order valence-electron chi connectivity index (χ4n) is 3.71. The highest BCUT2D eigenvalue weighted by Gasteiger charge is 2.31. The minimum Gasteiger partial charge on any atom is -0.351 e.